The topological polar surface area (TPSA) is 89.9 Å². The summed E-state index contributed by atoms with van der Waals surface area (Å²) in [5.74, 6) is 1.10. The Hall–Kier alpha value is -2.02. The smallest absolute Gasteiger partial charge is 0.223 e. The first-order valence-corrected chi connectivity index (χ1v) is 5.34. The van der Waals surface area contributed by atoms with Gasteiger partial charge in [-0.2, -0.15) is 4.98 Å². The van der Waals surface area contributed by atoms with Crippen LogP contribution < -0.4 is 11.1 Å². The molecule has 2 rings (SSSR count). The Morgan fingerprint density at radius 3 is 3.06 bits per heavy atom. The van der Waals surface area contributed by atoms with Gasteiger partial charge in [0.15, 0.2) is 5.82 Å². The van der Waals surface area contributed by atoms with E-state index >= 15 is 0 Å². The second kappa shape index (κ2) is 4.88. The number of nitrogens with one attached hydrogen (secondary N) is 1. The number of pyridine rings is 1. The van der Waals surface area contributed by atoms with Crippen LogP contribution in [0.15, 0.2) is 23.0 Å². The zero-order valence-electron chi connectivity index (χ0n) is 9.17. The Morgan fingerprint density at radius 1 is 1.59 bits per heavy atom. The van der Waals surface area contributed by atoms with Crippen molar-refractivity contribution in [2.45, 2.75) is 13.5 Å². The molecule has 0 saturated heterocycles. The Morgan fingerprint density at radius 2 is 2.41 bits per heavy atom. The van der Waals surface area contributed by atoms with Gasteiger partial charge in [0.1, 0.15) is 4.99 Å². The van der Waals surface area contributed by atoms with Crippen molar-refractivity contribution in [3.8, 4) is 0 Å². The number of hydrogen-bond acceptors (Lipinski definition) is 6. The number of thiocarbonyl (C=S) groups is 1. The fourth-order valence-electron chi connectivity index (χ4n) is 1.34. The Kier molecular flexibility index (Phi) is 3.29. The number of aromatic nitrogens is 3. The fourth-order valence-corrected chi connectivity index (χ4v) is 1.52. The lowest BCUT2D eigenvalue weighted by Gasteiger charge is -2.08. The molecule has 0 bridgehead atoms. The van der Waals surface area contributed by atoms with Crippen LogP contribution >= 0.6 is 12.2 Å². The third-order valence-corrected chi connectivity index (χ3v) is 2.31. The van der Waals surface area contributed by atoms with Gasteiger partial charge in [-0.25, -0.2) is 0 Å². The zero-order valence-corrected chi connectivity index (χ0v) is 9.99. The van der Waals surface area contributed by atoms with E-state index in [1.165, 1.54) is 0 Å². The normalized spacial score (nSPS) is 10.2. The van der Waals surface area contributed by atoms with Crippen LogP contribution in [0.3, 0.4) is 0 Å². The van der Waals surface area contributed by atoms with Gasteiger partial charge in [-0.05, 0) is 6.07 Å². The minimum absolute atomic E-state index is 0.319. The Balaban J connectivity index is 2.11. The van der Waals surface area contributed by atoms with Crippen LogP contribution in [-0.2, 0) is 6.54 Å². The monoisotopic (exact) mass is 249 g/mol. The zero-order chi connectivity index (χ0) is 12.3. The van der Waals surface area contributed by atoms with Gasteiger partial charge in [0, 0.05) is 18.7 Å². The number of nitrogens with zero attached hydrogens (tertiary/aromatic N) is 3. The maximum absolute atomic E-state index is 5.60. The fraction of sp³-hybridized carbons (Fsp3) is 0.200. The van der Waals surface area contributed by atoms with Crippen molar-refractivity contribution in [2.24, 2.45) is 5.73 Å². The molecule has 3 N–H and O–H groups in total. The molecule has 2 aromatic heterocycles. The summed E-state index contributed by atoms with van der Waals surface area (Å²) in [4.78, 5) is 8.40. The van der Waals surface area contributed by atoms with Crippen LogP contribution in [-0.4, -0.2) is 20.1 Å². The van der Waals surface area contributed by atoms with Gasteiger partial charge in [-0.1, -0.05) is 17.4 Å². The van der Waals surface area contributed by atoms with Crippen LogP contribution in [0.5, 0.6) is 0 Å². The number of anilines is 1. The highest BCUT2D eigenvalue weighted by Crippen LogP contribution is 2.13. The molecule has 0 aliphatic rings. The lowest BCUT2D eigenvalue weighted by atomic mass is 10.2. The highest BCUT2D eigenvalue weighted by atomic mass is 32.1. The van der Waals surface area contributed by atoms with Gasteiger partial charge in [0.25, 0.3) is 0 Å². The molecule has 0 radical (unpaired) electrons. The minimum Gasteiger partial charge on any atom is -0.389 e. The summed E-state index contributed by atoms with van der Waals surface area (Å²) < 4.78 is 4.86. The predicted octanol–water partition coefficient (Wildman–Crippen LogP) is 1.02. The second-order valence-corrected chi connectivity index (χ2v) is 3.81. The van der Waals surface area contributed by atoms with E-state index in [-0.39, 0.29) is 0 Å². The molecule has 0 aliphatic heterocycles. The van der Waals surface area contributed by atoms with E-state index in [1.54, 1.807) is 25.4 Å². The summed E-state index contributed by atoms with van der Waals surface area (Å²) in [6.45, 7) is 2.17. The summed E-state index contributed by atoms with van der Waals surface area (Å²) >= 11 is 4.94. The average molecular weight is 249 g/mol. The van der Waals surface area contributed by atoms with E-state index in [0.29, 0.717) is 23.2 Å². The third kappa shape index (κ3) is 2.76. The molecule has 6 nitrogen and oxygen atoms in total. The van der Waals surface area contributed by atoms with Gasteiger partial charge in [-0.3, -0.25) is 4.98 Å². The van der Waals surface area contributed by atoms with Crippen molar-refractivity contribution >= 4 is 22.9 Å². The molecule has 0 saturated carbocycles. The van der Waals surface area contributed by atoms with Gasteiger partial charge < -0.3 is 15.6 Å². The molecular formula is C10H11N5OS. The number of rotatable bonds is 4. The first-order valence-electron chi connectivity index (χ1n) is 4.93. The van der Waals surface area contributed by atoms with E-state index in [0.717, 1.165) is 11.3 Å². The first kappa shape index (κ1) is 11.5. The molecule has 0 unspecified atom stereocenters. The molecule has 2 heterocycles. The highest BCUT2D eigenvalue weighted by Gasteiger charge is 2.06. The summed E-state index contributed by atoms with van der Waals surface area (Å²) in [6.07, 6.45) is 3.29. The SMILES string of the molecule is Cc1nc(CNc2cnccc2C(N)=S)no1. The molecule has 0 spiro atoms. The van der Waals surface area contributed by atoms with Crippen molar-refractivity contribution < 1.29 is 4.52 Å². The predicted molar refractivity (Wildman–Crippen MR) is 66.5 cm³/mol. The lowest BCUT2D eigenvalue weighted by molar-refractivity contribution is 0.388. The molecule has 88 valence electrons. The summed E-state index contributed by atoms with van der Waals surface area (Å²) in [6, 6.07) is 1.76. The van der Waals surface area contributed by atoms with Crippen LogP contribution in [0, 0.1) is 6.92 Å². The molecule has 0 amide bonds. The largest absolute Gasteiger partial charge is 0.389 e. The van der Waals surface area contributed by atoms with E-state index in [2.05, 4.69) is 20.4 Å². The molecule has 0 fully saturated rings. The van der Waals surface area contributed by atoms with Crippen molar-refractivity contribution in [1.29, 1.82) is 0 Å². The quantitative estimate of drug-likeness (QED) is 0.782. The van der Waals surface area contributed by atoms with Crippen LogP contribution in [0.4, 0.5) is 5.69 Å². The number of aryl methyl sites for hydroxylation is 1. The molecule has 2 aromatic rings. The third-order valence-electron chi connectivity index (χ3n) is 2.09. The van der Waals surface area contributed by atoms with Crippen LogP contribution in [0.2, 0.25) is 0 Å². The Labute approximate surface area is 103 Å². The molecule has 7 heteroatoms. The van der Waals surface area contributed by atoms with Gasteiger partial charge >= 0.3 is 0 Å². The van der Waals surface area contributed by atoms with E-state index in [4.69, 9.17) is 22.5 Å². The number of nitrogens with two attached hydrogens (primary N) is 1. The molecular weight excluding hydrogens is 238 g/mol. The van der Waals surface area contributed by atoms with E-state index in [1.807, 2.05) is 0 Å². The summed E-state index contributed by atoms with van der Waals surface area (Å²) in [7, 11) is 0. The van der Waals surface area contributed by atoms with Crippen LogP contribution in [0.1, 0.15) is 17.3 Å². The van der Waals surface area contributed by atoms with Crippen molar-refractivity contribution in [3.63, 3.8) is 0 Å². The first-order chi connectivity index (χ1) is 8.16. The maximum Gasteiger partial charge on any atom is 0.223 e. The van der Waals surface area contributed by atoms with Gasteiger partial charge in [0.05, 0.1) is 18.4 Å². The highest BCUT2D eigenvalue weighted by molar-refractivity contribution is 7.80. The average Bonchev–Trinajstić information content (AvgIpc) is 2.73. The minimum atomic E-state index is 0.319. The lowest BCUT2D eigenvalue weighted by Crippen LogP contribution is -2.13. The summed E-state index contributed by atoms with van der Waals surface area (Å²) in [5.41, 5.74) is 7.10. The molecule has 17 heavy (non-hydrogen) atoms. The second-order valence-electron chi connectivity index (χ2n) is 3.37. The summed E-state index contributed by atoms with van der Waals surface area (Å²) in [5, 5.41) is 6.88. The van der Waals surface area contributed by atoms with Crippen molar-refractivity contribution in [3.05, 3.63) is 35.7 Å². The van der Waals surface area contributed by atoms with Crippen molar-refractivity contribution in [2.75, 3.05) is 5.32 Å². The van der Waals surface area contributed by atoms with Crippen LogP contribution in [0.25, 0.3) is 0 Å². The van der Waals surface area contributed by atoms with E-state index in [9.17, 15) is 0 Å². The Bertz CT molecular complexity index is 539. The van der Waals surface area contributed by atoms with Gasteiger partial charge in [0.2, 0.25) is 5.89 Å². The number of hydrogen-bond donors (Lipinski definition) is 2. The van der Waals surface area contributed by atoms with Gasteiger partial charge in [-0.15, -0.1) is 0 Å². The van der Waals surface area contributed by atoms with Crippen molar-refractivity contribution in [1.82, 2.24) is 15.1 Å². The molecule has 0 atom stereocenters. The molecule has 0 aromatic carbocycles. The van der Waals surface area contributed by atoms with E-state index < -0.39 is 0 Å². The standard InChI is InChI=1S/C10H11N5OS/c1-6-14-9(15-16-6)5-13-8-4-12-3-2-7(8)10(11)17/h2-4,13H,5H2,1H3,(H2,11,17). The molecule has 0 aliphatic carbocycles. The maximum atomic E-state index is 5.60.